The summed E-state index contributed by atoms with van der Waals surface area (Å²) in [6.45, 7) is 11.6. The lowest BCUT2D eigenvalue weighted by atomic mass is 9.92. The maximum atomic E-state index is 12.7. The molecule has 6 nitrogen and oxygen atoms in total. The Hall–Kier alpha value is -1.40. The average molecular weight is 336 g/mol. The third-order valence-electron chi connectivity index (χ3n) is 4.68. The Bertz CT molecular complexity index is 586. The maximum Gasteiger partial charge on any atom is 0.270 e. The minimum atomic E-state index is -0.655. The third-order valence-corrected chi connectivity index (χ3v) is 4.68. The van der Waals surface area contributed by atoms with Gasteiger partial charge in [-0.2, -0.15) is 5.10 Å². The minimum absolute atomic E-state index is 0.107. The first-order valence-electron chi connectivity index (χ1n) is 8.75. The number of hydrogen-bond acceptors (Lipinski definition) is 4. The third kappa shape index (κ3) is 4.36. The van der Waals surface area contributed by atoms with Crippen LogP contribution < -0.4 is 5.32 Å². The molecule has 0 bridgehead atoms. The van der Waals surface area contributed by atoms with E-state index in [1.165, 1.54) is 6.42 Å². The van der Waals surface area contributed by atoms with Gasteiger partial charge in [-0.15, -0.1) is 0 Å². The van der Waals surface area contributed by atoms with Crippen molar-refractivity contribution in [2.24, 2.45) is 0 Å². The van der Waals surface area contributed by atoms with E-state index in [9.17, 15) is 9.90 Å². The molecule has 1 amide bonds. The lowest BCUT2D eigenvalue weighted by Crippen LogP contribution is -2.47. The fourth-order valence-corrected chi connectivity index (χ4v) is 2.93. The van der Waals surface area contributed by atoms with Gasteiger partial charge in [0.1, 0.15) is 5.69 Å². The predicted octanol–water partition coefficient (Wildman–Crippen LogP) is 1.78. The summed E-state index contributed by atoms with van der Waals surface area (Å²) in [6.07, 6.45) is 2.32. The molecule has 1 saturated heterocycles. The van der Waals surface area contributed by atoms with Crippen LogP contribution in [0.3, 0.4) is 0 Å². The quantitative estimate of drug-likeness (QED) is 0.860. The molecule has 1 atom stereocenters. The Balaban J connectivity index is 2.30. The molecule has 24 heavy (non-hydrogen) atoms. The van der Waals surface area contributed by atoms with Gasteiger partial charge in [0.2, 0.25) is 0 Å². The maximum absolute atomic E-state index is 12.7. The second-order valence-corrected chi connectivity index (χ2v) is 8.62. The normalized spacial score (nSPS) is 19.7. The summed E-state index contributed by atoms with van der Waals surface area (Å²) in [6, 6.07) is 2.30. The first-order chi connectivity index (χ1) is 11.0. The van der Waals surface area contributed by atoms with E-state index in [4.69, 9.17) is 5.10 Å². The lowest BCUT2D eigenvalue weighted by Gasteiger charge is -2.24. The van der Waals surface area contributed by atoms with Crippen LogP contribution in [0.2, 0.25) is 0 Å². The van der Waals surface area contributed by atoms with Gasteiger partial charge >= 0.3 is 0 Å². The van der Waals surface area contributed by atoms with E-state index in [-0.39, 0.29) is 17.9 Å². The van der Waals surface area contributed by atoms with Gasteiger partial charge in [-0.3, -0.25) is 9.48 Å². The first-order valence-corrected chi connectivity index (χ1v) is 8.75. The standard InChI is InChI=1S/C18H32N4O2/c1-17(2,3)15-10-14(16(24)19-18(4,5)12-23)22(20-15)11-13-8-7-9-21(13)6/h10,13,23H,7-9,11-12H2,1-6H3,(H,19,24)/t13-/m0/s1. The van der Waals surface area contributed by atoms with Crippen LogP contribution in [-0.4, -0.2) is 57.5 Å². The second-order valence-electron chi connectivity index (χ2n) is 8.62. The van der Waals surface area contributed by atoms with Crippen molar-refractivity contribution in [3.63, 3.8) is 0 Å². The summed E-state index contributed by atoms with van der Waals surface area (Å²) in [5, 5.41) is 17.0. The fourth-order valence-electron chi connectivity index (χ4n) is 2.93. The molecule has 1 aliphatic rings. The number of aromatic nitrogens is 2. The van der Waals surface area contributed by atoms with Gasteiger partial charge in [-0.25, -0.2) is 0 Å². The van der Waals surface area contributed by atoms with Crippen molar-refractivity contribution in [3.8, 4) is 0 Å². The topological polar surface area (TPSA) is 70.4 Å². The summed E-state index contributed by atoms with van der Waals surface area (Å²) in [4.78, 5) is 15.1. The number of likely N-dealkylation sites (tertiary alicyclic amines) is 1. The van der Waals surface area contributed by atoms with E-state index >= 15 is 0 Å². The molecule has 1 aromatic heterocycles. The molecule has 0 unspecified atom stereocenters. The number of carbonyl (C=O) groups excluding carboxylic acids is 1. The summed E-state index contributed by atoms with van der Waals surface area (Å²) in [7, 11) is 2.13. The number of amides is 1. The second kappa shape index (κ2) is 6.84. The fraction of sp³-hybridized carbons (Fsp3) is 0.778. The molecule has 0 saturated carbocycles. The van der Waals surface area contributed by atoms with Gasteiger partial charge in [0.05, 0.1) is 24.4 Å². The van der Waals surface area contributed by atoms with E-state index in [1.54, 1.807) is 13.8 Å². The minimum Gasteiger partial charge on any atom is -0.394 e. The summed E-state index contributed by atoms with van der Waals surface area (Å²) >= 11 is 0. The first kappa shape index (κ1) is 18.9. The van der Waals surface area contributed by atoms with Crippen LogP contribution in [0.4, 0.5) is 0 Å². The number of aliphatic hydroxyl groups excluding tert-OH is 1. The zero-order chi connectivity index (χ0) is 18.1. The monoisotopic (exact) mass is 336 g/mol. The van der Waals surface area contributed by atoms with Crippen LogP contribution in [0.25, 0.3) is 0 Å². The van der Waals surface area contributed by atoms with Gasteiger partial charge in [-0.05, 0) is 46.3 Å². The largest absolute Gasteiger partial charge is 0.394 e. The number of carbonyl (C=O) groups is 1. The van der Waals surface area contributed by atoms with Crippen LogP contribution in [0.15, 0.2) is 6.07 Å². The molecule has 0 aliphatic carbocycles. The van der Waals surface area contributed by atoms with Crippen LogP contribution in [-0.2, 0) is 12.0 Å². The smallest absolute Gasteiger partial charge is 0.270 e. The Morgan fingerprint density at radius 3 is 2.54 bits per heavy atom. The Morgan fingerprint density at radius 2 is 2.04 bits per heavy atom. The van der Waals surface area contributed by atoms with Gasteiger partial charge in [0, 0.05) is 11.5 Å². The van der Waals surface area contributed by atoms with Crippen molar-refractivity contribution in [1.82, 2.24) is 20.0 Å². The highest BCUT2D eigenvalue weighted by atomic mass is 16.3. The van der Waals surface area contributed by atoms with E-state index in [0.717, 1.165) is 25.2 Å². The molecular formula is C18H32N4O2. The SMILES string of the molecule is CN1CCC[C@H]1Cn1nc(C(C)(C)C)cc1C(=O)NC(C)(C)CO. The Morgan fingerprint density at radius 1 is 1.38 bits per heavy atom. The molecule has 1 aliphatic heterocycles. The highest BCUT2D eigenvalue weighted by Crippen LogP contribution is 2.24. The van der Waals surface area contributed by atoms with E-state index in [1.807, 2.05) is 10.7 Å². The summed E-state index contributed by atoms with van der Waals surface area (Å²) in [5.41, 5.74) is 0.712. The van der Waals surface area contributed by atoms with Gasteiger partial charge < -0.3 is 15.3 Å². The van der Waals surface area contributed by atoms with Gasteiger partial charge in [-0.1, -0.05) is 20.8 Å². The number of rotatable bonds is 5. The summed E-state index contributed by atoms with van der Waals surface area (Å²) in [5.74, 6) is -0.183. The number of hydrogen-bond donors (Lipinski definition) is 2. The molecule has 2 N–H and O–H groups in total. The molecule has 0 spiro atoms. The highest BCUT2D eigenvalue weighted by Gasteiger charge is 2.29. The van der Waals surface area contributed by atoms with Crippen LogP contribution >= 0.6 is 0 Å². The van der Waals surface area contributed by atoms with Crippen molar-refractivity contribution in [1.29, 1.82) is 0 Å². The Kier molecular flexibility index (Phi) is 5.40. The van der Waals surface area contributed by atoms with Crippen molar-refractivity contribution in [2.45, 2.75) is 71.0 Å². The van der Waals surface area contributed by atoms with E-state index < -0.39 is 5.54 Å². The molecule has 136 valence electrons. The van der Waals surface area contributed by atoms with E-state index in [2.05, 4.69) is 38.0 Å². The molecule has 2 heterocycles. The van der Waals surface area contributed by atoms with Crippen molar-refractivity contribution in [2.75, 3.05) is 20.2 Å². The molecule has 1 fully saturated rings. The average Bonchev–Trinajstić information content (AvgIpc) is 3.06. The zero-order valence-electron chi connectivity index (χ0n) is 15.9. The Labute approximate surface area is 145 Å². The van der Waals surface area contributed by atoms with Crippen LogP contribution in [0.1, 0.15) is 63.6 Å². The van der Waals surface area contributed by atoms with Crippen LogP contribution in [0, 0.1) is 0 Å². The summed E-state index contributed by atoms with van der Waals surface area (Å²) < 4.78 is 1.84. The zero-order valence-corrected chi connectivity index (χ0v) is 15.9. The van der Waals surface area contributed by atoms with Crippen molar-refractivity contribution >= 4 is 5.91 Å². The number of nitrogens with one attached hydrogen (secondary N) is 1. The van der Waals surface area contributed by atoms with Crippen molar-refractivity contribution in [3.05, 3.63) is 17.5 Å². The molecule has 6 heteroatoms. The van der Waals surface area contributed by atoms with Gasteiger partial charge in [0.25, 0.3) is 5.91 Å². The van der Waals surface area contributed by atoms with Crippen molar-refractivity contribution < 1.29 is 9.90 Å². The molecular weight excluding hydrogens is 304 g/mol. The van der Waals surface area contributed by atoms with E-state index in [0.29, 0.717) is 11.7 Å². The highest BCUT2D eigenvalue weighted by molar-refractivity contribution is 5.93. The molecule has 1 aromatic rings. The predicted molar refractivity (Wildman–Crippen MR) is 95.2 cm³/mol. The molecule has 2 rings (SSSR count). The number of aliphatic hydroxyl groups is 1. The lowest BCUT2D eigenvalue weighted by molar-refractivity contribution is 0.0856. The number of likely N-dealkylation sites (N-methyl/N-ethyl adjacent to an activating group) is 1. The van der Waals surface area contributed by atoms with Crippen LogP contribution in [0.5, 0.6) is 0 Å². The number of nitrogens with zero attached hydrogens (tertiary/aromatic N) is 3. The molecule has 0 radical (unpaired) electrons. The molecule has 0 aromatic carbocycles. The van der Waals surface area contributed by atoms with Gasteiger partial charge in [0.15, 0.2) is 0 Å².